The van der Waals surface area contributed by atoms with Crippen LogP contribution in [0.5, 0.6) is 5.75 Å². The van der Waals surface area contributed by atoms with Gasteiger partial charge in [0.25, 0.3) is 0 Å². The molecule has 0 saturated carbocycles. The maximum atomic E-state index is 5.50. The number of piperidine rings is 1. The summed E-state index contributed by atoms with van der Waals surface area (Å²) in [6, 6.07) is 0. The lowest BCUT2D eigenvalue weighted by atomic mass is 9.98. The molecular formula is C21H37N5O. The number of nitrogens with one attached hydrogen (secondary N) is 2. The number of hydrogen-bond donors (Lipinski definition) is 2. The number of likely N-dealkylation sites (tertiary alicyclic amines) is 1. The third-order valence-electron chi connectivity index (χ3n) is 5.38. The van der Waals surface area contributed by atoms with E-state index in [2.05, 4.69) is 41.3 Å². The van der Waals surface area contributed by atoms with Crippen LogP contribution in [0.4, 0.5) is 0 Å². The highest BCUT2D eigenvalue weighted by Crippen LogP contribution is 2.24. The molecule has 2 rings (SSSR count). The number of aromatic nitrogens is 1. The van der Waals surface area contributed by atoms with Crippen LogP contribution in [0.15, 0.2) is 11.2 Å². The summed E-state index contributed by atoms with van der Waals surface area (Å²) in [7, 11) is 1.71. The number of aryl methyl sites for hydroxylation is 1. The second kappa shape index (κ2) is 9.93. The van der Waals surface area contributed by atoms with Gasteiger partial charge in [0.2, 0.25) is 0 Å². The zero-order chi connectivity index (χ0) is 19.9. The molecule has 0 amide bonds. The Balaban J connectivity index is 2.04. The van der Waals surface area contributed by atoms with Crippen LogP contribution in [0.25, 0.3) is 0 Å². The van der Waals surface area contributed by atoms with Gasteiger partial charge in [0.1, 0.15) is 5.75 Å². The van der Waals surface area contributed by atoms with E-state index >= 15 is 0 Å². The molecular weight excluding hydrogens is 338 g/mol. The van der Waals surface area contributed by atoms with Gasteiger partial charge in [-0.2, -0.15) is 0 Å². The molecule has 27 heavy (non-hydrogen) atoms. The molecule has 0 atom stereocenters. The van der Waals surface area contributed by atoms with Crippen LogP contribution < -0.4 is 15.4 Å². The lowest BCUT2D eigenvalue weighted by Gasteiger charge is -2.41. The summed E-state index contributed by atoms with van der Waals surface area (Å²) in [5.74, 6) is 1.74. The first-order chi connectivity index (χ1) is 12.9. The van der Waals surface area contributed by atoms with Crippen molar-refractivity contribution >= 4 is 5.96 Å². The van der Waals surface area contributed by atoms with Gasteiger partial charge in [-0.3, -0.25) is 9.88 Å². The highest BCUT2D eigenvalue weighted by Gasteiger charge is 2.27. The number of ether oxygens (including phenoxy) is 1. The van der Waals surface area contributed by atoms with Gasteiger partial charge in [-0.15, -0.1) is 0 Å². The van der Waals surface area contributed by atoms with Gasteiger partial charge in [0.15, 0.2) is 5.96 Å². The lowest BCUT2D eigenvalue weighted by molar-refractivity contribution is 0.0982. The monoisotopic (exact) mass is 375 g/mol. The zero-order valence-corrected chi connectivity index (χ0v) is 18.0. The largest absolute Gasteiger partial charge is 0.496 e. The van der Waals surface area contributed by atoms with Crippen molar-refractivity contribution in [3.63, 3.8) is 0 Å². The molecule has 0 aliphatic carbocycles. The Kier molecular flexibility index (Phi) is 7.90. The summed E-state index contributed by atoms with van der Waals surface area (Å²) < 4.78 is 5.50. The summed E-state index contributed by atoms with van der Waals surface area (Å²) >= 11 is 0. The van der Waals surface area contributed by atoms with E-state index in [0.29, 0.717) is 6.54 Å². The van der Waals surface area contributed by atoms with Crippen LogP contribution in [0.3, 0.4) is 0 Å². The summed E-state index contributed by atoms with van der Waals surface area (Å²) in [5.41, 5.74) is 3.17. The predicted molar refractivity (Wildman–Crippen MR) is 113 cm³/mol. The minimum atomic E-state index is 0.109. The van der Waals surface area contributed by atoms with Crippen LogP contribution in [0.1, 0.15) is 56.9 Å². The second-order valence-corrected chi connectivity index (χ2v) is 7.96. The highest BCUT2D eigenvalue weighted by atomic mass is 16.5. The van der Waals surface area contributed by atoms with E-state index in [0.717, 1.165) is 41.6 Å². The molecule has 1 saturated heterocycles. The van der Waals surface area contributed by atoms with Crippen molar-refractivity contribution in [3.8, 4) is 5.75 Å². The van der Waals surface area contributed by atoms with Gasteiger partial charge in [-0.25, -0.2) is 4.99 Å². The third-order valence-corrected chi connectivity index (χ3v) is 5.38. The van der Waals surface area contributed by atoms with E-state index in [1.165, 1.54) is 32.4 Å². The van der Waals surface area contributed by atoms with E-state index < -0.39 is 0 Å². The van der Waals surface area contributed by atoms with Crippen molar-refractivity contribution in [1.82, 2.24) is 20.5 Å². The maximum Gasteiger partial charge on any atom is 0.191 e. The van der Waals surface area contributed by atoms with Crippen LogP contribution >= 0.6 is 0 Å². The van der Waals surface area contributed by atoms with E-state index in [1.54, 1.807) is 7.11 Å². The Morgan fingerprint density at radius 2 is 1.93 bits per heavy atom. The zero-order valence-electron chi connectivity index (χ0n) is 18.0. The molecule has 0 unspecified atom stereocenters. The Labute approximate surface area is 164 Å². The first-order valence-electron chi connectivity index (χ1n) is 10.2. The fourth-order valence-corrected chi connectivity index (χ4v) is 3.64. The number of guanidine groups is 1. The first-order valence-corrected chi connectivity index (χ1v) is 10.2. The van der Waals surface area contributed by atoms with Crippen molar-refractivity contribution in [2.24, 2.45) is 4.99 Å². The molecule has 2 N–H and O–H groups in total. The number of rotatable bonds is 7. The van der Waals surface area contributed by atoms with Crippen molar-refractivity contribution in [2.45, 2.75) is 66.0 Å². The Hall–Kier alpha value is -1.82. The van der Waals surface area contributed by atoms with E-state index in [9.17, 15) is 0 Å². The third kappa shape index (κ3) is 5.83. The number of nitrogens with zero attached hydrogens (tertiary/aromatic N) is 3. The molecule has 0 radical (unpaired) electrons. The quantitative estimate of drug-likeness (QED) is 0.567. The van der Waals surface area contributed by atoms with Crippen LogP contribution in [0.2, 0.25) is 0 Å². The maximum absolute atomic E-state index is 5.50. The Morgan fingerprint density at radius 1 is 1.22 bits per heavy atom. The summed E-state index contributed by atoms with van der Waals surface area (Å²) in [4.78, 5) is 11.9. The fraction of sp³-hybridized carbons (Fsp3) is 0.714. The minimum absolute atomic E-state index is 0.109. The van der Waals surface area contributed by atoms with Gasteiger partial charge < -0.3 is 15.4 Å². The number of methoxy groups -OCH3 is 1. The molecule has 1 aromatic heterocycles. The highest BCUT2D eigenvalue weighted by molar-refractivity contribution is 5.79. The molecule has 6 heteroatoms. The molecule has 0 bridgehead atoms. The van der Waals surface area contributed by atoms with Crippen LogP contribution in [-0.4, -0.2) is 54.7 Å². The molecule has 1 fully saturated rings. The van der Waals surface area contributed by atoms with Gasteiger partial charge in [-0.05, 0) is 60.5 Å². The Bertz CT molecular complexity index is 636. The minimum Gasteiger partial charge on any atom is -0.496 e. The smallest absolute Gasteiger partial charge is 0.191 e. The molecule has 0 spiro atoms. The van der Waals surface area contributed by atoms with Crippen molar-refractivity contribution in [1.29, 1.82) is 0 Å². The van der Waals surface area contributed by atoms with E-state index in [-0.39, 0.29) is 5.54 Å². The summed E-state index contributed by atoms with van der Waals surface area (Å²) in [5, 5.41) is 6.88. The SMILES string of the molecule is CCNC(=NCc1ncc(C)c(OC)c1C)NCC(C)(C)N1CCCCC1. The lowest BCUT2D eigenvalue weighted by Crippen LogP contribution is -2.54. The Morgan fingerprint density at radius 3 is 2.56 bits per heavy atom. The number of hydrogen-bond acceptors (Lipinski definition) is 4. The number of pyridine rings is 1. The topological polar surface area (TPSA) is 61.8 Å². The van der Waals surface area contributed by atoms with E-state index in [4.69, 9.17) is 9.73 Å². The molecule has 152 valence electrons. The molecule has 2 heterocycles. The second-order valence-electron chi connectivity index (χ2n) is 7.96. The molecule has 1 aliphatic heterocycles. The molecule has 6 nitrogen and oxygen atoms in total. The van der Waals surface area contributed by atoms with Crippen LogP contribution in [0, 0.1) is 13.8 Å². The summed E-state index contributed by atoms with van der Waals surface area (Å²) in [6.07, 6.45) is 5.82. The van der Waals surface area contributed by atoms with Gasteiger partial charge in [-0.1, -0.05) is 6.42 Å². The van der Waals surface area contributed by atoms with Gasteiger partial charge in [0, 0.05) is 36.0 Å². The van der Waals surface area contributed by atoms with Gasteiger partial charge >= 0.3 is 0 Å². The average Bonchev–Trinajstić information content (AvgIpc) is 2.66. The van der Waals surface area contributed by atoms with Crippen molar-refractivity contribution in [3.05, 3.63) is 23.0 Å². The first kappa shape index (κ1) is 21.5. The number of aliphatic imine (C=N–C) groups is 1. The predicted octanol–water partition coefficient (Wildman–Crippen LogP) is 3.03. The van der Waals surface area contributed by atoms with Crippen molar-refractivity contribution < 1.29 is 4.74 Å². The molecule has 1 aromatic rings. The normalized spacial score (nSPS) is 16.3. The van der Waals surface area contributed by atoms with E-state index in [1.807, 2.05) is 20.0 Å². The van der Waals surface area contributed by atoms with Crippen molar-refractivity contribution in [2.75, 3.05) is 33.3 Å². The molecule has 0 aromatic carbocycles. The van der Waals surface area contributed by atoms with Gasteiger partial charge in [0.05, 0.1) is 19.3 Å². The standard InChI is InChI=1S/C21H37N5O/c1-7-22-20(25-15-21(4,5)26-11-9-8-10-12-26)24-14-18-17(3)19(27-6)16(2)13-23-18/h13H,7-12,14-15H2,1-6H3,(H2,22,24,25). The summed E-state index contributed by atoms with van der Waals surface area (Å²) in [6.45, 7) is 15.4. The fourth-order valence-electron chi connectivity index (χ4n) is 3.64. The average molecular weight is 376 g/mol. The van der Waals surface area contributed by atoms with Crippen LogP contribution in [-0.2, 0) is 6.54 Å². The molecule has 1 aliphatic rings.